The summed E-state index contributed by atoms with van der Waals surface area (Å²) in [5, 5.41) is 3.92. The van der Waals surface area contributed by atoms with E-state index in [1.165, 1.54) is 5.56 Å². The van der Waals surface area contributed by atoms with Crippen molar-refractivity contribution in [1.29, 1.82) is 0 Å². The lowest BCUT2D eigenvalue weighted by atomic mass is 9.74. The van der Waals surface area contributed by atoms with E-state index in [2.05, 4.69) is 96.5 Å². The van der Waals surface area contributed by atoms with Crippen molar-refractivity contribution in [2.24, 2.45) is 0 Å². The molecule has 0 atom stereocenters. The third-order valence-corrected chi connectivity index (χ3v) is 7.62. The van der Waals surface area contributed by atoms with Crippen LogP contribution in [0, 0.1) is 0 Å². The Bertz CT molecular complexity index is 826. The molecule has 0 spiro atoms. The van der Waals surface area contributed by atoms with Crippen LogP contribution in [0.15, 0.2) is 18.3 Å². The summed E-state index contributed by atoms with van der Waals surface area (Å²) in [6, 6.07) is 5.06. The first-order chi connectivity index (χ1) is 16.5. The lowest BCUT2D eigenvalue weighted by Gasteiger charge is -2.44. The molecule has 1 saturated heterocycles. The number of rotatable bonds is 10. The van der Waals surface area contributed by atoms with Crippen molar-refractivity contribution < 1.29 is 9.47 Å². The van der Waals surface area contributed by atoms with E-state index in [0.717, 1.165) is 51.3 Å². The van der Waals surface area contributed by atoms with E-state index in [4.69, 9.17) is 14.5 Å². The van der Waals surface area contributed by atoms with E-state index in [9.17, 15) is 0 Å². The number of nitrogens with zero attached hydrogens (tertiary/aromatic N) is 3. The maximum atomic E-state index is 6.00. The highest BCUT2D eigenvalue weighted by Crippen LogP contribution is 2.35. The summed E-state index contributed by atoms with van der Waals surface area (Å²) in [5.74, 6) is 1.12. The standard InChI is InChI=1S/C30H54N4O2/c1-27(2,3)34-15-13-33(14-16-34)26-19-23(11-12-31-26)29(7,8)22-30(9,10)32-24-20-25(21-24)35-17-18-36-28(4,5)6/h11-12,19,24-25,32H,13-18,20-22H2,1-10H3. The second-order valence-electron chi connectivity index (χ2n) is 14.3. The molecule has 2 aliphatic rings. The van der Waals surface area contributed by atoms with Crippen LogP contribution in [-0.4, -0.2) is 78.1 Å². The zero-order valence-electron chi connectivity index (χ0n) is 24.9. The molecule has 1 aromatic rings. The Hall–Kier alpha value is -1.21. The van der Waals surface area contributed by atoms with Crippen LogP contribution in [0.1, 0.15) is 94.1 Å². The van der Waals surface area contributed by atoms with Crippen molar-refractivity contribution in [2.75, 3.05) is 44.3 Å². The number of aromatic nitrogens is 1. The van der Waals surface area contributed by atoms with E-state index < -0.39 is 0 Å². The van der Waals surface area contributed by atoms with Crippen LogP contribution >= 0.6 is 0 Å². The molecule has 6 nitrogen and oxygen atoms in total. The molecule has 1 aromatic heterocycles. The third kappa shape index (κ3) is 8.68. The topological polar surface area (TPSA) is 49.9 Å². The summed E-state index contributed by atoms with van der Waals surface area (Å²) < 4.78 is 11.8. The molecule has 2 fully saturated rings. The Morgan fingerprint density at radius 1 is 0.917 bits per heavy atom. The largest absolute Gasteiger partial charge is 0.376 e. The first-order valence-corrected chi connectivity index (χ1v) is 14.0. The van der Waals surface area contributed by atoms with Gasteiger partial charge in [-0.25, -0.2) is 4.98 Å². The highest BCUT2D eigenvalue weighted by molar-refractivity contribution is 5.43. The smallest absolute Gasteiger partial charge is 0.128 e. The van der Waals surface area contributed by atoms with E-state index >= 15 is 0 Å². The molecule has 1 saturated carbocycles. The first-order valence-electron chi connectivity index (χ1n) is 14.0. The van der Waals surface area contributed by atoms with Crippen molar-refractivity contribution in [3.05, 3.63) is 23.9 Å². The summed E-state index contributed by atoms with van der Waals surface area (Å²) in [5.41, 5.74) is 1.59. The second kappa shape index (κ2) is 11.3. The van der Waals surface area contributed by atoms with E-state index in [1.54, 1.807) is 0 Å². The van der Waals surface area contributed by atoms with E-state index in [-0.39, 0.29) is 22.1 Å². The molecule has 3 rings (SSSR count). The molecule has 0 amide bonds. The zero-order valence-corrected chi connectivity index (χ0v) is 24.9. The van der Waals surface area contributed by atoms with Gasteiger partial charge in [0.1, 0.15) is 5.82 Å². The minimum absolute atomic E-state index is 0.0379. The minimum Gasteiger partial charge on any atom is -0.376 e. The summed E-state index contributed by atoms with van der Waals surface area (Å²) in [4.78, 5) is 9.77. The molecule has 1 aliphatic carbocycles. The summed E-state index contributed by atoms with van der Waals surface area (Å²) in [7, 11) is 0. The molecular weight excluding hydrogens is 448 g/mol. The van der Waals surface area contributed by atoms with Gasteiger partial charge in [0.15, 0.2) is 0 Å². The van der Waals surface area contributed by atoms with Gasteiger partial charge in [0.25, 0.3) is 0 Å². The highest BCUT2D eigenvalue weighted by Gasteiger charge is 2.37. The molecule has 6 heteroatoms. The van der Waals surface area contributed by atoms with Crippen LogP contribution in [0.4, 0.5) is 5.82 Å². The average Bonchev–Trinajstić information content (AvgIpc) is 2.72. The van der Waals surface area contributed by atoms with Crippen LogP contribution in [0.2, 0.25) is 0 Å². The maximum Gasteiger partial charge on any atom is 0.128 e. The van der Waals surface area contributed by atoms with Crippen molar-refractivity contribution in [3.8, 4) is 0 Å². The molecule has 206 valence electrons. The van der Waals surface area contributed by atoms with Gasteiger partial charge in [-0.2, -0.15) is 0 Å². The van der Waals surface area contributed by atoms with E-state index in [1.807, 2.05) is 6.20 Å². The minimum atomic E-state index is -0.0965. The van der Waals surface area contributed by atoms with E-state index in [0.29, 0.717) is 25.4 Å². The number of hydrogen-bond acceptors (Lipinski definition) is 6. The van der Waals surface area contributed by atoms with Crippen molar-refractivity contribution in [2.45, 2.75) is 123 Å². The lowest BCUT2D eigenvalue weighted by Crippen LogP contribution is -2.55. The SMILES string of the molecule is CC(C)(CC(C)(C)c1ccnc(N2CCN(C(C)(C)C)CC2)c1)NC1CC(OCCOC(C)(C)C)C1. The number of ether oxygens (including phenoxy) is 2. The maximum absolute atomic E-state index is 6.00. The highest BCUT2D eigenvalue weighted by atomic mass is 16.5. The predicted octanol–water partition coefficient (Wildman–Crippen LogP) is 5.40. The third-order valence-electron chi connectivity index (χ3n) is 7.62. The quantitative estimate of drug-likeness (QED) is 0.432. The summed E-state index contributed by atoms with van der Waals surface area (Å²) in [6.45, 7) is 28.2. The number of anilines is 1. The number of piperazine rings is 1. The first kappa shape index (κ1) is 29.3. The Labute approximate surface area is 221 Å². The summed E-state index contributed by atoms with van der Waals surface area (Å²) >= 11 is 0. The van der Waals surface area contributed by atoms with Gasteiger partial charge in [-0.05, 0) is 97.8 Å². The molecule has 36 heavy (non-hydrogen) atoms. The molecule has 1 aliphatic heterocycles. The van der Waals surface area contributed by atoms with Gasteiger partial charge in [0.05, 0.1) is 24.9 Å². The normalized spacial score (nSPS) is 22.6. The van der Waals surface area contributed by atoms with Gasteiger partial charge in [0.2, 0.25) is 0 Å². The molecule has 1 N–H and O–H groups in total. The summed E-state index contributed by atoms with van der Waals surface area (Å²) in [6.07, 6.45) is 5.58. The number of nitrogens with one attached hydrogen (secondary N) is 1. The fourth-order valence-electron chi connectivity index (χ4n) is 5.81. The Balaban J connectivity index is 1.48. The second-order valence-corrected chi connectivity index (χ2v) is 14.3. The number of pyridine rings is 1. The fraction of sp³-hybridized carbons (Fsp3) is 0.833. The van der Waals surface area contributed by atoms with Gasteiger partial charge in [0, 0.05) is 49.5 Å². The molecule has 0 aromatic carbocycles. The fourth-order valence-corrected chi connectivity index (χ4v) is 5.81. The van der Waals surface area contributed by atoms with Gasteiger partial charge < -0.3 is 19.7 Å². The van der Waals surface area contributed by atoms with Gasteiger partial charge >= 0.3 is 0 Å². The predicted molar refractivity (Wildman–Crippen MR) is 151 cm³/mol. The molecule has 0 bridgehead atoms. The molecule has 2 heterocycles. The number of hydrogen-bond donors (Lipinski definition) is 1. The lowest BCUT2D eigenvalue weighted by molar-refractivity contribution is -0.0761. The van der Waals surface area contributed by atoms with Gasteiger partial charge in [-0.15, -0.1) is 0 Å². The van der Waals surface area contributed by atoms with Gasteiger partial charge in [-0.3, -0.25) is 4.90 Å². The molecular formula is C30H54N4O2. The van der Waals surface area contributed by atoms with Gasteiger partial charge in [-0.1, -0.05) is 13.8 Å². The molecule has 0 unspecified atom stereocenters. The Morgan fingerprint density at radius 2 is 1.56 bits per heavy atom. The van der Waals surface area contributed by atoms with Crippen LogP contribution in [0.5, 0.6) is 0 Å². The van der Waals surface area contributed by atoms with Crippen molar-refractivity contribution >= 4 is 5.82 Å². The Morgan fingerprint density at radius 3 is 2.14 bits per heavy atom. The molecule has 0 radical (unpaired) electrons. The zero-order chi connectivity index (χ0) is 26.8. The monoisotopic (exact) mass is 502 g/mol. The average molecular weight is 503 g/mol. The van der Waals surface area contributed by atoms with Crippen LogP contribution in [-0.2, 0) is 14.9 Å². The van der Waals surface area contributed by atoms with Crippen molar-refractivity contribution in [3.63, 3.8) is 0 Å². The van der Waals surface area contributed by atoms with Crippen molar-refractivity contribution in [1.82, 2.24) is 15.2 Å². The van der Waals surface area contributed by atoms with Crippen LogP contribution in [0.25, 0.3) is 0 Å². The Kier molecular flexibility index (Phi) is 9.18. The van der Waals surface area contributed by atoms with Crippen LogP contribution < -0.4 is 10.2 Å². The van der Waals surface area contributed by atoms with Crippen LogP contribution in [0.3, 0.4) is 0 Å².